The van der Waals surface area contributed by atoms with E-state index in [-0.39, 0.29) is 12.3 Å². The van der Waals surface area contributed by atoms with Gasteiger partial charge in [0.05, 0.1) is 14.2 Å². The number of hydrogen-bond acceptors (Lipinski definition) is 5. The Kier molecular flexibility index (Phi) is 3.47. The van der Waals surface area contributed by atoms with Crippen molar-refractivity contribution < 1.29 is 18.9 Å². The SMILES string of the molecule is COc1ccc2c(c1OC)C(Cl)N1CCc3cc4c(cc3C1=C2)OCO4. The van der Waals surface area contributed by atoms with E-state index in [1.807, 2.05) is 12.1 Å². The lowest BCUT2D eigenvalue weighted by molar-refractivity contribution is 0.174. The van der Waals surface area contributed by atoms with Crippen LogP contribution in [-0.4, -0.2) is 32.5 Å². The third kappa shape index (κ3) is 2.10. The molecule has 0 spiro atoms. The summed E-state index contributed by atoms with van der Waals surface area (Å²) in [4.78, 5) is 2.20. The summed E-state index contributed by atoms with van der Waals surface area (Å²) < 4.78 is 22.1. The van der Waals surface area contributed by atoms with E-state index in [0.29, 0.717) is 11.5 Å². The number of benzene rings is 2. The molecule has 0 saturated heterocycles. The van der Waals surface area contributed by atoms with E-state index in [1.54, 1.807) is 14.2 Å². The smallest absolute Gasteiger partial charge is 0.231 e. The standard InChI is InChI=1S/C20H18ClNO4/c1-23-15-4-3-12-7-14-13-9-17-16(25-10-26-17)8-11(13)5-6-22(14)20(21)18(12)19(15)24-2/h3-4,7-9,20H,5-6,10H2,1-2H3. The van der Waals surface area contributed by atoms with Crippen LogP contribution in [0, 0.1) is 0 Å². The van der Waals surface area contributed by atoms with Crippen LogP contribution in [0.2, 0.25) is 0 Å². The van der Waals surface area contributed by atoms with Crippen LogP contribution >= 0.6 is 11.6 Å². The summed E-state index contributed by atoms with van der Waals surface area (Å²) in [5.74, 6) is 2.99. The molecule has 6 heteroatoms. The van der Waals surface area contributed by atoms with Crippen LogP contribution in [-0.2, 0) is 6.42 Å². The van der Waals surface area contributed by atoms with Crippen LogP contribution in [0.1, 0.15) is 27.8 Å². The zero-order chi connectivity index (χ0) is 17.8. The van der Waals surface area contributed by atoms with Crippen molar-refractivity contribution in [2.45, 2.75) is 11.9 Å². The molecule has 0 fully saturated rings. The van der Waals surface area contributed by atoms with E-state index in [9.17, 15) is 0 Å². The van der Waals surface area contributed by atoms with Crippen LogP contribution in [0.15, 0.2) is 24.3 Å². The second-order valence-corrected chi connectivity index (χ2v) is 6.89. The first-order valence-corrected chi connectivity index (χ1v) is 8.95. The molecule has 0 aromatic heterocycles. The number of nitrogens with zero attached hydrogens (tertiary/aromatic N) is 1. The maximum Gasteiger partial charge on any atom is 0.231 e. The highest BCUT2D eigenvalue weighted by molar-refractivity contribution is 6.22. The molecule has 2 aromatic carbocycles. The van der Waals surface area contributed by atoms with E-state index in [4.69, 9.17) is 30.5 Å². The molecule has 5 rings (SSSR count). The summed E-state index contributed by atoms with van der Waals surface area (Å²) in [6.07, 6.45) is 3.06. The Morgan fingerprint density at radius 2 is 1.92 bits per heavy atom. The normalized spacial score (nSPS) is 19.3. The van der Waals surface area contributed by atoms with E-state index >= 15 is 0 Å². The minimum absolute atomic E-state index is 0.277. The van der Waals surface area contributed by atoms with Crippen molar-refractivity contribution in [2.75, 3.05) is 27.6 Å². The van der Waals surface area contributed by atoms with E-state index in [1.165, 1.54) is 5.56 Å². The fourth-order valence-electron chi connectivity index (χ4n) is 3.98. The molecule has 0 amide bonds. The first kappa shape index (κ1) is 15.7. The fourth-order valence-corrected chi connectivity index (χ4v) is 4.41. The number of methoxy groups -OCH3 is 2. The topological polar surface area (TPSA) is 40.2 Å². The van der Waals surface area contributed by atoms with Gasteiger partial charge in [-0.2, -0.15) is 0 Å². The summed E-state index contributed by atoms with van der Waals surface area (Å²) in [5, 5.41) is 0. The predicted octanol–water partition coefficient (Wildman–Crippen LogP) is 4.04. The quantitative estimate of drug-likeness (QED) is 0.588. The van der Waals surface area contributed by atoms with Gasteiger partial charge in [-0.25, -0.2) is 0 Å². The first-order chi connectivity index (χ1) is 12.7. The molecule has 1 atom stereocenters. The van der Waals surface area contributed by atoms with Gasteiger partial charge in [-0.05, 0) is 41.8 Å². The van der Waals surface area contributed by atoms with Crippen molar-refractivity contribution in [3.63, 3.8) is 0 Å². The second-order valence-electron chi connectivity index (χ2n) is 6.48. The summed E-state index contributed by atoms with van der Waals surface area (Å²) in [6, 6.07) is 8.09. The molecular weight excluding hydrogens is 354 g/mol. The number of rotatable bonds is 2. The molecule has 1 unspecified atom stereocenters. The largest absolute Gasteiger partial charge is 0.493 e. The highest BCUT2D eigenvalue weighted by Crippen LogP contribution is 2.50. The van der Waals surface area contributed by atoms with E-state index < -0.39 is 0 Å². The van der Waals surface area contributed by atoms with Crippen molar-refractivity contribution in [3.05, 3.63) is 46.5 Å². The van der Waals surface area contributed by atoms with Gasteiger partial charge in [0.15, 0.2) is 23.0 Å². The molecular formula is C20H18ClNO4. The highest BCUT2D eigenvalue weighted by atomic mass is 35.5. The number of alkyl halides is 1. The lowest BCUT2D eigenvalue weighted by atomic mass is 9.90. The Morgan fingerprint density at radius 1 is 1.12 bits per heavy atom. The van der Waals surface area contributed by atoms with Crippen LogP contribution in [0.3, 0.4) is 0 Å². The van der Waals surface area contributed by atoms with Crippen LogP contribution < -0.4 is 18.9 Å². The van der Waals surface area contributed by atoms with Crippen molar-refractivity contribution >= 4 is 23.4 Å². The second kappa shape index (κ2) is 5.74. The van der Waals surface area contributed by atoms with Crippen LogP contribution in [0.4, 0.5) is 0 Å². The molecule has 3 aliphatic heterocycles. The van der Waals surface area contributed by atoms with Crippen molar-refractivity contribution in [1.82, 2.24) is 4.90 Å². The molecule has 3 heterocycles. The molecule has 0 aliphatic carbocycles. The maximum atomic E-state index is 6.91. The molecule has 26 heavy (non-hydrogen) atoms. The van der Waals surface area contributed by atoms with Gasteiger partial charge >= 0.3 is 0 Å². The van der Waals surface area contributed by atoms with Crippen molar-refractivity contribution in [2.24, 2.45) is 0 Å². The van der Waals surface area contributed by atoms with E-state index in [0.717, 1.165) is 46.9 Å². The lowest BCUT2D eigenvalue weighted by Gasteiger charge is -2.40. The highest BCUT2D eigenvalue weighted by Gasteiger charge is 2.35. The summed E-state index contributed by atoms with van der Waals surface area (Å²) in [6.45, 7) is 1.10. The van der Waals surface area contributed by atoms with Gasteiger partial charge in [-0.3, -0.25) is 0 Å². The molecule has 0 bridgehead atoms. The molecule has 2 aromatic rings. The van der Waals surface area contributed by atoms with Gasteiger partial charge in [0.2, 0.25) is 6.79 Å². The fraction of sp³-hybridized carbons (Fsp3) is 0.300. The molecule has 3 aliphatic rings. The van der Waals surface area contributed by atoms with Crippen LogP contribution in [0.5, 0.6) is 23.0 Å². The van der Waals surface area contributed by atoms with Crippen molar-refractivity contribution in [1.29, 1.82) is 0 Å². The Labute approximate surface area is 156 Å². The first-order valence-electron chi connectivity index (χ1n) is 8.51. The Morgan fingerprint density at radius 3 is 2.69 bits per heavy atom. The molecule has 0 N–H and O–H groups in total. The molecule has 134 valence electrons. The van der Waals surface area contributed by atoms with Crippen LogP contribution in [0.25, 0.3) is 11.8 Å². The van der Waals surface area contributed by atoms with Gasteiger partial charge in [-0.15, -0.1) is 0 Å². The lowest BCUT2D eigenvalue weighted by Crippen LogP contribution is -2.33. The minimum atomic E-state index is -0.325. The van der Waals surface area contributed by atoms with Gasteiger partial charge in [-0.1, -0.05) is 17.7 Å². The summed E-state index contributed by atoms with van der Waals surface area (Å²) >= 11 is 6.91. The average molecular weight is 372 g/mol. The Hall–Kier alpha value is -2.53. The van der Waals surface area contributed by atoms with Gasteiger partial charge < -0.3 is 23.8 Å². The number of ether oxygens (including phenoxy) is 4. The predicted molar refractivity (Wildman–Crippen MR) is 99.0 cm³/mol. The maximum absolute atomic E-state index is 6.91. The Bertz CT molecular complexity index is 940. The summed E-state index contributed by atoms with van der Waals surface area (Å²) in [5.41, 5.74) is 5.16. The zero-order valence-electron chi connectivity index (χ0n) is 14.5. The summed E-state index contributed by atoms with van der Waals surface area (Å²) in [7, 11) is 3.28. The molecule has 0 saturated carbocycles. The molecule has 5 nitrogen and oxygen atoms in total. The average Bonchev–Trinajstić information content (AvgIpc) is 3.12. The van der Waals surface area contributed by atoms with Gasteiger partial charge in [0.1, 0.15) is 5.50 Å². The number of halogens is 1. The van der Waals surface area contributed by atoms with Gasteiger partial charge in [0.25, 0.3) is 0 Å². The van der Waals surface area contributed by atoms with Gasteiger partial charge in [0, 0.05) is 23.4 Å². The van der Waals surface area contributed by atoms with Crippen molar-refractivity contribution in [3.8, 4) is 23.0 Å². The third-order valence-electron chi connectivity index (χ3n) is 5.23. The molecule has 0 radical (unpaired) electrons. The van der Waals surface area contributed by atoms with E-state index in [2.05, 4.69) is 23.1 Å². The third-order valence-corrected chi connectivity index (χ3v) is 5.68. The minimum Gasteiger partial charge on any atom is -0.493 e. The zero-order valence-corrected chi connectivity index (χ0v) is 15.3. The number of hydrogen-bond donors (Lipinski definition) is 0. The number of fused-ring (bicyclic) bond motifs is 5. The monoisotopic (exact) mass is 371 g/mol. The Balaban J connectivity index is 1.70.